The van der Waals surface area contributed by atoms with Crippen LogP contribution in [-0.4, -0.2) is 55.0 Å². The van der Waals surface area contributed by atoms with E-state index in [0.717, 1.165) is 30.1 Å². The molecule has 0 bridgehead atoms. The number of alkyl halides is 3. The fraction of sp³-hybridized carbons (Fsp3) is 0.560. The van der Waals surface area contributed by atoms with Crippen molar-refractivity contribution in [2.45, 2.75) is 76.0 Å². The van der Waals surface area contributed by atoms with Crippen molar-refractivity contribution >= 4 is 40.9 Å². The lowest BCUT2D eigenvalue weighted by atomic mass is 9.86. The molecule has 0 atom stereocenters. The van der Waals surface area contributed by atoms with E-state index in [1.54, 1.807) is 0 Å². The van der Waals surface area contributed by atoms with Crippen LogP contribution in [0.3, 0.4) is 0 Å². The van der Waals surface area contributed by atoms with Crippen molar-refractivity contribution in [3.63, 3.8) is 0 Å². The highest BCUT2D eigenvalue weighted by Crippen LogP contribution is 2.39. The van der Waals surface area contributed by atoms with Gasteiger partial charge in [0.2, 0.25) is 0 Å². The number of carbonyl (C=O) groups excluding carboxylic acids is 2. The Hall–Kier alpha value is -2.66. The van der Waals surface area contributed by atoms with Crippen molar-refractivity contribution in [1.82, 2.24) is 19.7 Å². The van der Waals surface area contributed by atoms with E-state index in [4.69, 9.17) is 23.2 Å². The van der Waals surface area contributed by atoms with Gasteiger partial charge >= 0.3 is 12.1 Å². The third-order valence-corrected chi connectivity index (χ3v) is 7.98. The number of nitrogens with zero attached hydrogens (tertiary/aromatic N) is 4. The molecule has 2 aromatic heterocycles. The summed E-state index contributed by atoms with van der Waals surface area (Å²) in [6.07, 6.45) is 2.87. The summed E-state index contributed by atoms with van der Waals surface area (Å²) in [5.41, 5.74) is -1.86. The molecule has 38 heavy (non-hydrogen) atoms. The summed E-state index contributed by atoms with van der Waals surface area (Å²) in [7, 11) is 0. The van der Waals surface area contributed by atoms with Crippen LogP contribution in [0.2, 0.25) is 10.0 Å². The lowest BCUT2D eigenvalue weighted by molar-refractivity contribution is -0.147. The highest BCUT2D eigenvalue weighted by atomic mass is 35.5. The predicted octanol–water partition coefficient (Wildman–Crippen LogP) is 6.08. The molecule has 13 heteroatoms. The van der Waals surface area contributed by atoms with E-state index in [1.165, 1.54) is 17.3 Å². The van der Waals surface area contributed by atoms with E-state index in [2.05, 4.69) is 10.1 Å². The highest BCUT2D eigenvalue weighted by molar-refractivity contribution is 6.39. The Morgan fingerprint density at radius 3 is 2.13 bits per heavy atom. The molecule has 0 saturated heterocycles. The number of amides is 1. The van der Waals surface area contributed by atoms with E-state index in [1.807, 2.05) is 0 Å². The van der Waals surface area contributed by atoms with Crippen LogP contribution in [0.1, 0.15) is 90.2 Å². The predicted molar refractivity (Wildman–Crippen MR) is 132 cm³/mol. The average molecular weight is 575 g/mol. The van der Waals surface area contributed by atoms with E-state index in [0.29, 0.717) is 12.8 Å². The van der Waals surface area contributed by atoms with E-state index in [-0.39, 0.29) is 41.3 Å². The Morgan fingerprint density at radius 2 is 1.58 bits per heavy atom. The molecule has 4 rings (SSSR count). The van der Waals surface area contributed by atoms with Gasteiger partial charge in [0.1, 0.15) is 0 Å². The number of ketones is 1. The van der Waals surface area contributed by atoms with Gasteiger partial charge in [0.25, 0.3) is 5.91 Å². The number of hydrogen-bond donors (Lipinski definition) is 1. The van der Waals surface area contributed by atoms with Crippen LogP contribution in [0.25, 0.3) is 0 Å². The molecule has 0 aromatic carbocycles. The molecule has 206 valence electrons. The van der Waals surface area contributed by atoms with E-state index in [9.17, 15) is 32.7 Å². The molecule has 0 aliphatic heterocycles. The van der Waals surface area contributed by atoms with Crippen LogP contribution in [0.15, 0.2) is 18.6 Å². The summed E-state index contributed by atoms with van der Waals surface area (Å²) >= 11 is 12.2. The monoisotopic (exact) mass is 574 g/mol. The van der Waals surface area contributed by atoms with Gasteiger partial charge < -0.3 is 10.0 Å². The summed E-state index contributed by atoms with van der Waals surface area (Å²) in [5, 5.41) is 13.2. The fourth-order valence-corrected chi connectivity index (χ4v) is 6.05. The Labute approximate surface area is 227 Å². The van der Waals surface area contributed by atoms with Gasteiger partial charge in [0.05, 0.1) is 45.9 Å². The summed E-state index contributed by atoms with van der Waals surface area (Å²) < 4.78 is 43.9. The lowest BCUT2D eigenvalue weighted by Crippen LogP contribution is -2.45. The quantitative estimate of drug-likeness (QED) is 0.402. The van der Waals surface area contributed by atoms with Crippen LogP contribution >= 0.6 is 23.2 Å². The second-order valence-corrected chi connectivity index (χ2v) is 10.6. The van der Waals surface area contributed by atoms with Gasteiger partial charge in [-0.1, -0.05) is 42.5 Å². The van der Waals surface area contributed by atoms with Crippen molar-refractivity contribution in [2.24, 2.45) is 5.92 Å². The summed E-state index contributed by atoms with van der Waals surface area (Å²) in [4.78, 5) is 43.2. The molecule has 2 aliphatic carbocycles. The average Bonchev–Trinajstić information content (AvgIpc) is 3.33. The van der Waals surface area contributed by atoms with Crippen LogP contribution in [0.4, 0.5) is 13.2 Å². The number of aliphatic carboxylic acids is 1. The van der Waals surface area contributed by atoms with Crippen molar-refractivity contribution in [3.05, 3.63) is 45.5 Å². The van der Waals surface area contributed by atoms with Gasteiger partial charge in [-0.2, -0.15) is 18.3 Å². The Balaban J connectivity index is 1.68. The zero-order valence-electron chi connectivity index (χ0n) is 20.4. The number of pyridine rings is 1. The molecule has 2 fully saturated rings. The molecule has 2 aromatic rings. The number of carboxylic acid groups (broad SMARTS) is 1. The molecule has 0 unspecified atom stereocenters. The van der Waals surface area contributed by atoms with Crippen LogP contribution in [0.5, 0.6) is 0 Å². The summed E-state index contributed by atoms with van der Waals surface area (Å²) in [6.45, 7) is -0.501. The Bertz CT molecular complexity index is 1190. The van der Waals surface area contributed by atoms with Gasteiger partial charge in [-0.25, -0.2) is 0 Å². The molecule has 2 heterocycles. The topological polar surface area (TPSA) is 105 Å². The van der Waals surface area contributed by atoms with Gasteiger partial charge in [-0.05, 0) is 38.5 Å². The third-order valence-electron chi connectivity index (χ3n) is 7.41. The molecule has 1 N–H and O–H groups in total. The standard InChI is InChI=1S/C25H27Cl2F3N4O4/c26-18-11-31-12-19(27)21(18)20(35)13-33(15-4-2-1-3-5-15)23(36)17-10-32-34(22(17)25(28,29)30)16-8-6-14(7-9-16)24(37)38/h10-12,14-16H,1-9,13H2,(H,37,38). The number of Topliss-reactive ketones (excluding diaryl/α,β-unsaturated/α-hetero) is 1. The molecule has 8 nitrogen and oxygen atoms in total. The van der Waals surface area contributed by atoms with Gasteiger partial charge in [-0.15, -0.1) is 0 Å². The summed E-state index contributed by atoms with van der Waals surface area (Å²) in [6, 6.07) is -1.13. The van der Waals surface area contributed by atoms with Crippen molar-refractivity contribution in [3.8, 4) is 0 Å². The molecular formula is C25H27Cl2F3N4O4. The van der Waals surface area contributed by atoms with Crippen LogP contribution in [-0.2, 0) is 11.0 Å². The number of halogens is 5. The molecule has 2 saturated carbocycles. The van der Waals surface area contributed by atoms with Crippen LogP contribution in [0, 0.1) is 5.92 Å². The number of hydrogen-bond acceptors (Lipinski definition) is 5. The Morgan fingerprint density at radius 1 is 0.974 bits per heavy atom. The highest BCUT2D eigenvalue weighted by Gasteiger charge is 2.44. The molecule has 0 radical (unpaired) electrons. The van der Waals surface area contributed by atoms with E-state index < -0.39 is 59.6 Å². The number of carboxylic acids is 1. The maximum Gasteiger partial charge on any atom is 0.433 e. The first-order valence-electron chi connectivity index (χ1n) is 12.5. The maximum atomic E-state index is 14.4. The molecular weight excluding hydrogens is 548 g/mol. The minimum Gasteiger partial charge on any atom is -0.481 e. The van der Waals surface area contributed by atoms with Crippen molar-refractivity contribution in [1.29, 1.82) is 0 Å². The number of rotatable bonds is 7. The molecule has 2 aliphatic rings. The fourth-order valence-electron chi connectivity index (χ4n) is 5.47. The van der Waals surface area contributed by atoms with Crippen molar-refractivity contribution in [2.75, 3.05) is 6.54 Å². The van der Waals surface area contributed by atoms with E-state index >= 15 is 0 Å². The SMILES string of the molecule is O=C(CN(C(=O)c1cnn(C2CCC(C(=O)O)CC2)c1C(F)(F)F)C1CCCCC1)c1c(Cl)cncc1Cl. The zero-order chi connectivity index (χ0) is 27.6. The van der Waals surface area contributed by atoms with Crippen LogP contribution < -0.4 is 0 Å². The molecule has 1 amide bonds. The Kier molecular flexibility index (Phi) is 8.66. The minimum absolute atomic E-state index is 0.0145. The van der Waals surface area contributed by atoms with Gasteiger partial charge in [0, 0.05) is 18.4 Å². The second kappa shape index (κ2) is 11.6. The molecule has 0 spiro atoms. The zero-order valence-corrected chi connectivity index (χ0v) is 21.9. The van der Waals surface area contributed by atoms with Gasteiger partial charge in [0.15, 0.2) is 11.5 Å². The van der Waals surface area contributed by atoms with Crippen molar-refractivity contribution < 1.29 is 32.7 Å². The second-order valence-electron chi connectivity index (χ2n) is 9.82. The van der Waals surface area contributed by atoms with Gasteiger partial charge in [-0.3, -0.25) is 24.0 Å². The first-order valence-corrected chi connectivity index (χ1v) is 13.2. The first kappa shape index (κ1) is 28.4. The maximum absolute atomic E-state index is 14.4. The minimum atomic E-state index is -4.90. The number of carbonyl (C=O) groups is 3. The smallest absolute Gasteiger partial charge is 0.433 e. The lowest BCUT2D eigenvalue weighted by Gasteiger charge is -2.34. The first-order chi connectivity index (χ1) is 18.0. The number of aromatic nitrogens is 3. The largest absolute Gasteiger partial charge is 0.481 e. The normalized spacial score (nSPS) is 20.8. The summed E-state index contributed by atoms with van der Waals surface area (Å²) in [5.74, 6) is -3.13. The third kappa shape index (κ3) is 5.98.